The number of rotatable bonds is 6. The van der Waals surface area contributed by atoms with Gasteiger partial charge in [-0.2, -0.15) is 0 Å². The summed E-state index contributed by atoms with van der Waals surface area (Å²) in [6, 6.07) is 7.13. The van der Waals surface area contributed by atoms with E-state index in [9.17, 15) is 4.79 Å². The average molecular weight is 254 g/mol. The number of ether oxygens (including phenoxy) is 1. The van der Waals surface area contributed by atoms with Crippen LogP contribution < -0.4 is 4.74 Å². The highest BCUT2D eigenvalue weighted by Crippen LogP contribution is 2.15. The van der Waals surface area contributed by atoms with Crippen LogP contribution in [0.1, 0.15) is 6.92 Å². The zero-order chi connectivity index (χ0) is 12.7. The summed E-state index contributed by atoms with van der Waals surface area (Å²) in [4.78, 5) is 12.9. The molecule has 92 valence electrons. The third-order valence-electron chi connectivity index (χ3n) is 2.24. The van der Waals surface area contributed by atoms with Crippen molar-refractivity contribution in [3.8, 4) is 5.75 Å². The first-order valence-electron chi connectivity index (χ1n) is 5.38. The van der Waals surface area contributed by atoms with Crippen LogP contribution in [0.2, 0.25) is 5.02 Å². The maximum atomic E-state index is 11.2. The monoisotopic (exact) mass is 253 g/mol. The largest absolute Gasteiger partial charge is 0.492 e. The van der Waals surface area contributed by atoms with E-state index >= 15 is 0 Å². The number of benzene rings is 1. The Morgan fingerprint density at radius 1 is 1.47 bits per heavy atom. The minimum Gasteiger partial charge on any atom is -0.492 e. The van der Waals surface area contributed by atoms with E-state index in [-0.39, 0.29) is 5.91 Å². The summed E-state index contributed by atoms with van der Waals surface area (Å²) in [6.45, 7) is 6.68. The predicted octanol–water partition coefficient (Wildman–Crippen LogP) is 2.75. The van der Waals surface area contributed by atoms with Crippen molar-refractivity contribution >= 4 is 17.5 Å². The maximum absolute atomic E-state index is 11.2. The number of hydrogen-bond donors (Lipinski definition) is 0. The Balaban J connectivity index is 2.37. The molecule has 0 bridgehead atoms. The Labute approximate surface area is 107 Å². The third kappa shape index (κ3) is 4.91. The van der Waals surface area contributed by atoms with Crippen LogP contribution in [0.15, 0.2) is 36.9 Å². The van der Waals surface area contributed by atoms with Crippen molar-refractivity contribution in [3.05, 3.63) is 41.9 Å². The van der Waals surface area contributed by atoms with Gasteiger partial charge in [-0.15, -0.1) is 6.58 Å². The number of carbonyl (C=O) groups is 1. The molecule has 0 aliphatic heterocycles. The number of nitrogens with zero attached hydrogens (tertiary/aromatic N) is 1. The molecule has 0 aliphatic rings. The van der Waals surface area contributed by atoms with Gasteiger partial charge in [-0.1, -0.05) is 17.7 Å². The topological polar surface area (TPSA) is 29.5 Å². The van der Waals surface area contributed by atoms with Crippen LogP contribution in [0.5, 0.6) is 5.75 Å². The van der Waals surface area contributed by atoms with E-state index in [0.29, 0.717) is 24.7 Å². The second-order valence-electron chi connectivity index (χ2n) is 3.56. The normalized spacial score (nSPS) is 9.76. The third-order valence-corrected chi connectivity index (χ3v) is 2.49. The lowest BCUT2D eigenvalue weighted by Gasteiger charge is -2.19. The molecule has 0 saturated carbocycles. The number of amides is 1. The molecule has 0 atom stereocenters. The van der Waals surface area contributed by atoms with Crippen molar-refractivity contribution in [1.82, 2.24) is 4.90 Å². The molecule has 0 spiro atoms. The minimum absolute atomic E-state index is 0.0182. The summed E-state index contributed by atoms with van der Waals surface area (Å²) >= 11 is 5.76. The average Bonchev–Trinajstić information content (AvgIpc) is 2.30. The number of halogens is 1. The van der Waals surface area contributed by atoms with Crippen molar-refractivity contribution in [3.63, 3.8) is 0 Å². The van der Waals surface area contributed by atoms with Gasteiger partial charge in [0, 0.05) is 18.5 Å². The molecule has 1 aromatic carbocycles. The SMILES string of the molecule is C=CCN(CCOc1ccc(Cl)cc1)C(C)=O. The molecular formula is C13H16ClNO2. The molecule has 4 heteroatoms. The second kappa shape index (κ2) is 6.97. The first kappa shape index (κ1) is 13.6. The Hall–Kier alpha value is -1.48. The van der Waals surface area contributed by atoms with Crippen molar-refractivity contribution < 1.29 is 9.53 Å². The van der Waals surface area contributed by atoms with Gasteiger partial charge in [0.1, 0.15) is 12.4 Å². The second-order valence-corrected chi connectivity index (χ2v) is 3.99. The lowest BCUT2D eigenvalue weighted by atomic mass is 10.3. The Bertz CT molecular complexity index is 376. The Morgan fingerprint density at radius 3 is 2.65 bits per heavy atom. The molecule has 0 saturated heterocycles. The lowest BCUT2D eigenvalue weighted by Crippen LogP contribution is -2.32. The van der Waals surface area contributed by atoms with Gasteiger partial charge in [0.2, 0.25) is 5.91 Å². The highest BCUT2D eigenvalue weighted by Gasteiger charge is 2.06. The Morgan fingerprint density at radius 2 is 2.12 bits per heavy atom. The van der Waals surface area contributed by atoms with Gasteiger partial charge in [0.15, 0.2) is 0 Å². The zero-order valence-electron chi connectivity index (χ0n) is 9.86. The number of hydrogen-bond acceptors (Lipinski definition) is 2. The molecule has 0 unspecified atom stereocenters. The highest BCUT2D eigenvalue weighted by atomic mass is 35.5. The predicted molar refractivity (Wildman–Crippen MR) is 69.4 cm³/mol. The molecule has 0 aliphatic carbocycles. The van der Waals surface area contributed by atoms with Crippen molar-refractivity contribution in [1.29, 1.82) is 0 Å². The summed E-state index contributed by atoms with van der Waals surface area (Å²) in [6.07, 6.45) is 1.70. The van der Waals surface area contributed by atoms with Crippen molar-refractivity contribution in [2.45, 2.75) is 6.92 Å². The van der Waals surface area contributed by atoms with Gasteiger partial charge in [-0.05, 0) is 24.3 Å². The van der Waals surface area contributed by atoms with E-state index in [1.807, 2.05) is 0 Å². The van der Waals surface area contributed by atoms with Crippen molar-refractivity contribution in [2.75, 3.05) is 19.7 Å². The molecule has 1 amide bonds. The molecule has 0 heterocycles. The number of carbonyl (C=O) groups excluding carboxylic acids is 1. The van der Waals surface area contributed by atoms with Crippen LogP contribution in [0.4, 0.5) is 0 Å². The quantitative estimate of drug-likeness (QED) is 0.730. The highest BCUT2D eigenvalue weighted by molar-refractivity contribution is 6.30. The van der Waals surface area contributed by atoms with Gasteiger partial charge in [-0.3, -0.25) is 4.79 Å². The zero-order valence-corrected chi connectivity index (χ0v) is 10.6. The smallest absolute Gasteiger partial charge is 0.219 e. The van der Waals surface area contributed by atoms with Crippen LogP contribution in [-0.4, -0.2) is 30.5 Å². The lowest BCUT2D eigenvalue weighted by molar-refractivity contribution is -0.128. The summed E-state index contributed by atoms with van der Waals surface area (Å²) < 4.78 is 5.50. The van der Waals surface area contributed by atoms with Crippen LogP contribution in [0.25, 0.3) is 0 Å². The van der Waals surface area contributed by atoms with E-state index in [1.165, 1.54) is 6.92 Å². The van der Waals surface area contributed by atoms with Gasteiger partial charge < -0.3 is 9.64 Å². The molecule has 1 rings (SSSR count). The van der Waals surface area contributed by atoms with Gasteiger partial charge >= 0.3 is 0 Å². The fraction of sp³-hybridized carbons (Fsp3) is 0.308. The molecule has 0 radical (unpaired) electrons. The first-order chi connectivity index (χ1) is 8.13. The standard InChI is InChI=1S/C13H16ClNO2/c1-3-8-15(11(2)16)9-10-17-13-6-4-12(14)5-7-13/h3-7H,1,8-10H2,2H3. The summed E-state index contributed by atoms with van der Waals surface area (Å²) in [5, 5.41) is 0.675. The minimum atomic E-state index is 0.0182. The van der Waals surface area contributed by atoms with E-state index in [1.54, 1.807) is 35.2 Å². The summed E-state index contributed by atoms with van der Waals surface area (Å²) in [5.74, 6) is 0.765. The first-order valence-corrected chi connectivity index (χ1v) is 5.76. The van der Waals surface area contributed by atoms with Crippen molar-refractivity contribution in [2.24, 2.45) is 0 Å². The molecule has 1 aromatic rings. The van der Waals surface area contributed by atoms with E-state index in [0.717, 1.165) is 5.75 Å². The molecular weight excluding hydrogens is 238 g/mol. The van der Waals surface area contributed by atoms with E-state index in [2.05, 4.69) is 6.58 Å². The van der Waals surface area contributed by atoms with Crippen LogP contribution in [0.3, 0.4) is 0 Å². The molecule has 0 aromatic heterocycles. The van der Waals surface area contributed by atoms with Crippen LogP contribution in [0, 0.1) is 0 Å². The van der Waals surface area contributed by atoms with E-state index < -0.39 is 0 Å². The fourth-order valence-corrected chi connectivity index (χ4v) is 1.46. The Kier molecular flexibility index (Phi) is 5.57. The van der Waals surface area contributed by atoms with E-state index in [4.69, 9.17) is 16.3 Å². The van der Waals surface area contributed by atoms with Crippen LogP contribution >= 0.6 is 11.6 Å². The van der Waals surface area contributed by atoms with Gasteiger partial charge in [-0.25, -0.2) is 0 Å². The van der Waals surface area contributed by atoms with Gasteiger partial charge in [0.25, 0.3) is 0 Å². The summed E-state index contributed by atoms with van der Waals surface area (Å²) in [7, 11) is 0. The maximum Gasteiger partial charge on any atom is 0.219 e. The fourth-order valence-electron chi connectivity index (χ4n) is 1.34. The molecule has 3 nitrogen and oxygen atoms in total. The van der Waals surface area contributed by atoms with Gasteiger partial charge in [0.05, 0.1) is 6.54 Å². The van der Waals surface area contributed by atoms with Crippen LogP contribution in [-0.2, 0) is 4.79 Å². The molecule has 0 N–H and O–H groups in total. The molecule has 17 heavy (non-hydrogen) atoms. The summed E-state index contributed by atoms with van der Waals surface area (Å²) in [5.41, 5.74) is 0. The molecule has 0 fully saturated rings.